The van der Waals surface area contributed by atoms with Crippen molar-refractivity contribution in [3.05, 3.63) is 62.8 Å². The minimum Gasteiger partial charge on any atom is -0.497 e. The van der Waals surface area contributed by atoms with E-state index in [1.54, 1.807) is 43.5 Å². The topological polar surface area (TPSA) is 111 Å². The third-order valence-corrected chi connectivity index (χ3v) is 4.59. The summed E-state index contributed by atoms with van der Waals surface area (Å²) < 4.78 is 16.5. The van der Waals surface area contributed by atoms with Crippen molar-refractivity contribution in [2.75, 3.05) is 21.3 Å². The summed E-state index contributed by atoms with van der Waals surface area (Å²) in [6, 6.07) is 10.4. The van der Waals surface area contributed by atoms with Crippen molar-refractivity contribution >= 4 is 28.2 Å². The summed E-state index contributed by atoms with van der Waals surface area (Å²) in [7, 11) is 4.60. The van der Waals surface area contributed by atoms with E-state index in [9.17, 15) is 9.59 Å². The van der Waals surface area contributed by atoms with Crippen LogP contribution in [-0.2, 0) is 0 Å². The Kier molecular flexibility index (Phi) is 4.55. The van der Waals surface area contributed by atoms with E-state index in [2.05, 4.69) is 15.1 Å². The predicted octanol–water partition coefficient (Wildman–Crippen LogP) is 2.08. The van der Waals surface area contributed by atoms with Crippen LogP contribution in [0, 0.1) is 0 Å². The van der Waals surface area contributed by atoms with E-state index >= 15 is 0 Å². The summed E-state index contributed by atoms with van der Waals surface area (Å²) in [5, 5.41) is 4.75. The highest BCUT2D eigenvalue weighted by Gasteiger charge is 2.13. The van der Waals surface area contributed by atoms with Crippen LogP contribution in [0.1, 0.15) is 5.56 Å². The quantitative estimate of drug-likeness (QED) is 0.504. The van der Waals surface area contributed by atoms with E-state index < -0.39 is 11.2 Å². The van der Waals surface area contributed by atoms with E-state index in [0.29, 0.717) is 39.2 Å². The molecule has 2 N–H and O–H groups in total. The van der Waals surface area contributed by atoms with Crippen molar-refractivity contribution in [3.8, 4) is 17.2 Å². The summed E-state index contributed by atoms with van der Waals surface area (Å²) in [5.74, 6) is 1.73. The molecule has 9 heteroatoms. The van der Waals surface area contributed by atoms with Crippen LogP contribution >= 0.6 is 0 Å². The number of hydrogen-bond acceptors (Lipinski definition) is 6. The number of ether oxygens (including phenoxy) is 3. The van der Waals surface area contributed by atoms with Gasteiger partial charge in [0, 0.05) is 16.5 Å². The fourth-order valence-electron chi connectivity index (χ4n) is 3.11. The highest BCUT2D eigenvalue weighted by molar-refractivity contribution is 6.04. The van der Waals surface area contributed by atoms with Gasteiger partial charge in [-0.1, -0.05) is 0 Å². The van der Waals surface area contributed by atoms with E-state index in [1.807, 2.05) is 0 Å². The van der Waals surface area contributed by atoms with Crippen molar-refractivity contribution < 1.29 is 14.2 Å². The summed E-state index contributed by atoms with van der Waals surface area (Å²) in [4.78, 5) is 31.2. The predicted molar refractivity (Wildman–Crippen MR) is 110 cm³/mol. The highest BCUT2D eigenvalue weighted by Crippen LogP contribution is 2.25. The number of nitrogens with one attached hydrogen (secondary N) is 2. The fourth-order valence-corrected chi connectivity index (χ4v) is 3.11. The van der Waals surface area contributed by atoms with Gasteiger partial charge in [-0.3, -0.25) is 4.79 Å². The van der Waals surface area contributed by atoms with Crippen molar-refractivity contribution in [3.63, 3.8) is 0 Å². The molecule has 0 aliphatic heterocycles. The molecule has 2 heterocycles. The fraction of sp³-hybridized carbons (Fsp3) is 0.150. The highest BCUT2D eigenvalue weighted by atomic mass is 16.5. The first-order valence-electron chi connectivity index (χ1n) is 8.67. The van der Waals surface area contributed by atoms with E-state index in [0.717, 1.165) is 4.68 Å². The summed E-state index contributed by atoms with van der Waals surface area (Å²) >= 11 is 0. The molecule has 0 spiro atoms. The molecule has 0 amide bonds. The van der Waals surface area contributed by atoms with Crippen molar-refractivity contribution in [1.29, 1.82) is 0 Å². The number of methoxy groups -OCH3 is 3. The molecule has 0 saturated carbocycles. The van der Waals surface area contributed by atoms with Crippen LogP contribution in [0.3, 0.4) is 0 Å². The van der Waals surface area contributed by atoms with Gasteiger partial charge in [0.1, 0.15) is 22.8 Å². The molecule has 0 aliphatic rings. The van der Waals surface area contributed by atoms with Crippen molar-refractivity contribution in [1.82, 2.24) is 14.6 Å². The lowest BCUT2D eigenvalue weighted by Gasteiger charge is -2.06. The number of H-pyrrole nitrogens is 2. The van der Waals surface area contributed by atoms with Gasteiger partial charge in [-0.15, -0.1) is 4.68 Å². The number of aromatic nitrogens is 3. The Morgan fingerprint density at radius 1 is 0.897 bits per heavy atom. The normalized spacial score (nSPS) is 11.4. The second-order valence-corrected chi connectivity index (χ2v) is 6.19. The minimum atomic E-state index is -0.663. The summed E-state index contributed by atoms with van der Waals surface area (Å²) in [5.41, 5.74) is 0.660. The second kappa shape index (κ2) is 7.19. The lowest BCUT2D eigenvalue weighted by Crippen LogP contribution is -2.32. The van der Waals surface area contributed by atoms with Gasteiger partial charge in [-0.2, -0.15) is 5.10 Å². The Morgan fingerprint density at radius 2 is 1.62 bits per heavy atom. The van der Waals surface area contributed by atoms with Gasteiger partial charge >= 0.3 is 11.2 Å². The van der Waals surface area contributed by atoms with Crippen molar-refractivity contribution in [2.45, 2.75) is 0 Å². The number of rotatable bonds is 5. The molecule has 0 atom stereocenters. The minimum absolute atomic E-state index is 0.239. The molecule has 148 valence electrons. The number of fused-ring (bicyclic) bond motifs is 3. The number of hydrogen-bond donors (Lipinski definition) is 2. The zero-order valence-electron chi connectivity index (χ0n) is 16.0. The van der Waals surface area contributed by atoms with Crippen molar-refractivity contribution in [2.24, 2.45) is 5.10 Å². The molecular weight excluding hydrogens is 376 g/mol. The van der Waals surface area contributed by atoms with Gasteiger partial charge in [0.15, 0.2) is 0 Å². The molecular formula is C20H18N4O5. The average molecular weight is 394 g/mol. The van der Waals surface area contributed by atoms with E-state index in [1.165, 1.54) is 20.4 Å². The molecule has 2 aromatic heterocycles. The van der Waals surface area contributed by atoms with Crippen LogP contribution in [0.4, 0.5) is 0 Å². The van der Waals surface area contributed by atoms with Gasteiger partial charge in [0.05, 0.1) is 33.1 Å². The Labute approximate surface area is 164 Å². The Bertz CT molecular complexity index is 1360. The SMILES string of the molecule is COc1ccc(OC)c(C=Nn2c(=O)[nH]c3c([nH]c4ccc(OC)cc43)c2=O)c1. The first-order valence-corrected chi connectivity index (χ1v) is 8.67. The largest absolute Gasteiger partial charge is 0.497 e. The molecule has 9 nitrogen and oxygen atoms in total. The maximum absolute atomic E-state index is 12.9. The zero-order valence-corrected chi connectivity index (χ0v) is 16.0. The molecule has 0 unspecified atom stereocenters. The summed E-state index contributed by atoms with van der Waals surface area (Å²) in [6.07, 6.45) is 1.37. The first kappa shape index (κ1) is 18.4. The molecule has 0 fully saturated rings. The molecule has 2 aromatic carbocycles. The third-order valence-electron chi connectivity index (χ3n) is 4.59. The number of nitrogens with zero attached hydrogens (tertiary/aromatic N) is 2. The third kappa shape index (κ3) is 3.12. The number of benzene rings is 2. The van der Waals surface area contributed by atoms with Gasteiger partial charge < -0.3 is 24.2 Å². The van der Waals surface area contributed by atoms with Crippen LogP contribution in [0.15, 0.2) is 51.1 Å². The molecule has 0 bridgehead atoms. The van der Waals surface area contributed by atoms with Gasteiger partial charge in [0.25, 0.3) is 0 Å². The molecule has 29 heavy (non-hydrogen) atoms. The van der Waals surface area contributed by atoms with Crippen LogP contribution < -0.4 is 25.5 Å². The molecule has 4 aromatic rings. The van der Waals surface area contributed by atoms with E-state index in [-0.39, 0.29) is 5.52 Å². The zero-order chi connectivity index (χ0) is 20.5. The lowest BCUT2D eigenvalue weighted by molar-refractivity contribution is 0.402. The maximum atomic E-state index is 12.9. The standard InChI is InChI=1S/C20H18N4O5/c1-27-12-5-7-16(29-3)11(8-12)10-21-24-19(25)18-17(23-20(24)26)14-9-13(28-2)4-6-15(14)22-18/h4-10,22H,1-3H3,(H,23,26). The second-order valence-electron chi connectivity index (χ2n) is 6.19. The summed E-state index contributed by atoms with van der Waals surface area (Å²) in [6.45, 7) is 0. The van der Waals surface area contributed by atoms with Crippen LogP contribution in [0.5, 0.6) is 17.2 Å². The molecule has 0 saturated heterocycles. The first-order chi connectivity index (χ1) is 14.0. The van der Waals surface area contributed by atoms with Gasteiger partial charge in [-0.25, -0.2) is 4.79 Å². The molecule has 4 rings (SSSR count). The monoisotopic (exact) mass is 394 g/mol. The molecule has 0 aliphatic carbocycles. The Balaban J connectivity index is 1.87. The molecule has 0 radical (unpaired) electrons. The van der Waals surface area contributed by atoms with Crippen LogP contribution in [0.25, 0.3) is 21.9 Å². The Hall–Kier alpha value is -4.01. The smallest absolute Gasteiger partial charge is 0.350 e. The van der Waals surface area contributed by atoms with Crippen LogP contribution in [-0.4, -0.2) is 42.2 Å². The number of aromatic amines is 2. The van der Waals surface area contributed by atoms with Gasteiger partial charge in [-0.05, 0) is 36.4 Å². The maximum Gasteiger partial charge on any atom is 0.350 e. The van der Waals surface area contributed by atoms with Crippen LogP contribution in [0.2, 0.25) is 0 Å². The Morgan fingerprint density at radius 3 is 2.34 bits per heavy atom. The lowest BCUT2D eigenvalue weighted by atomic mass is 10.2. The van der Waals surface area contributed by atoms with Gasteiger partial charge in [0.2, 0.25) is 0 Å². The van der Waals surface area contributed by atoms with E-state index in [4.69, 9.17) is 14.2 Å². The average Bonchev–Trinajstić information content (AvgIpc) is 3.11.